The highest BCUT2D eigenvalue weighted by Gasteiger charge is 2.16. The van der Waals surface area contributed by atoms with Crippen LogP contribution < -0.4 is 5.32 Å². The third-order valence-corrected chi connectivity index (χ3v) is 3.44. The second kappa shape index (κ2) is 6.53. The lowest BCUT2D eigenvalue weighted by molar-refractivity contribution is 0.282. The monoisotopic (exact) mass is 298 g/mol. The van der Waals surface area contributed by atoms with E-state index in [4.69, 9.17) is 0 Å². The Morgan fingerprint density at radius 1 is 1.29 bits per heavy atom. The van der Waals surface area contributed by atoms with Crippen LogP contribution in [0.5, 0.6) is 0 Å². The fourth-order valence-electron chi connectivity index (χ4n) is 1.89. The second-order valence-electron chi connectivity index (χ2n) is 5.04. The van der Waals surface area contributed by atoms with Gasteiger partial charge in [0.15, 0.2) is 0 Å². The normalized spacial score (nSPS) is 13.4. The van der Waals surface area contributed by atoms with E-state index in [1.54, 1.807) is 0 Å². The molecule has 1 atom stereocenters. The fraction of sp³-hybridized carbons (Fsp3) is 0.571. The summed E-state index contributed by atoms with van der Waals surface area (Å²) in [5.74, 6) is 0. The first-order valence-electron chi connectivity index (χ1n) is 6.07. The van der Waals surface area contributed by atoms with Gasteiger partial charge in [0.2, 0.25) is 0 Å². The zero-order chi connectivity index (χ0) is 13.0. The highest BCUT2D eigenvalue weighted by molar-refractivity contribution is 9.10. The molecule has 0 heterocycles. The van der Waals surface area contributed by atoms with Gasteiger partial charge < -0.3 is 10.2 Å². The Kier molecular flexibility index (Phi) is 5.63. The molecular formula is C14H23BrN2. The molecule has 1 aromatic carbocycles. The molecule has 1 N–H and O–H groups in total. The third kappa shape index (κ3) is 4.41. The lowest BCUT2D eigenvalue weighted by Crippen LogP contribution is -2.34. The summed E-state index contributed by atoms with van der Waals surface area (Å²) in [7, 11) is 4.26. The molecule has 1 aromatic rings. The predicted molar refractivity (Wildman–Crippen MR) is 78.4 cm³/mol. The second-order valence-corrected chi connectivity index (χ2v) is 5.96. The summed E-state index contributed by atoms with van der Waals surface area (Å²) < 4.78 is 1.15. The van der Waals surface area contributed by atoms with E-state index in [9.17, 15) is 0 Å². The van der Waals surface area contributed by atoms with Crippen LogP contribution in [0.15, 0.2) is 22.7 Å². The molecular weight excluding hydrogens is 276 g/mol. The Balaban J connectivity index is 2.92. The number of nitrogens with one attached hydrogen (secondary N) is 1. The largest absolute Gasteiger partial charge is 0.313 e. The maximum absolute atomic E-state index is 3.55. The van der Waals surface area contributed by atoms with Crippen LogP contribution in [-0.4, -0.2) is 31.6 Å². The van der Waals surface area contributed by atoms with Crippen LogP contribution in [0.3, 0.4) is 0 Å². The summed E-state index contributed by atoms with van der Waals surface area (Å²) >= 11 is 3.55. The van der Waals surface area contributed by atoms with Gasteiger partial charge in [-0.1, -0.05) is 35.8 Å². The van der Waals surface area contributed by atoms with Crippen LogP contribution in [0.2, 0.25) is 0 Å². The van der Waals surface area contributed by atoms with Crippen LogP contribution in [0, 0.1) is 6.92 Å². The average Bonchev–Trinajstić information content (AvgIpc) is 2.22. The Bertz CT molecular complexity index is 361. The Hall–Kier alpha value is -0.380. The Morgan fingerprint density at radius 3 is 2.47 bits per heavy atom. The minimum absolute atomic E-state index is 0.412. The number of hydrogen-bond donors (Lipinski definition) is 1. The molecule has 0 aliphatic carbocycles. The van der Waals surface area contributed by atoms with Crippen molar-refractivity contribution in [1.29, 1.82) is 0 Å². The molecule has 0 fully saturated rings. The van der Waals surface area contributed by atoms with Crippen LogP contribution >= 0.6 is 15.9 Å². The number of halogens is 1. The standard InChI is InChI=1S/C14H23BrN2/c1-10(2)16-9-14(17(4)5)13-8-12(15)7-6-11(13)3/h6-8,10,14,16H,9H2,1-5H3. The highest BCUT2D eigenvalue weighted by Crippen LogP contribution is 2.25. The molecule has 2 nitrogen and oxygen atoms in total. The van der Waals surface area contributed by atoms with Crippen molar-refractivity contribution >= 4 is 15.9 Å². The number of nitrogens with zero attached hydrogens (tertiary/aromatic N) is 1. The molecule has 3 heteroatoms. The zero-order valence-electron chi connectivity index (χ0n) is 11.4. The number of rotatable bonds is 5. The molecule has 0 spiro atoms. The van der Waals surface area contributed by atoms with E-state index in [1.165, 1.54) is 11.1 Å². The molecule has 1 unspecified atom stereocenters. The first kappa shape index (κ1) is 14.7. The van der Waals surface area contributed by atoms with Crippen molar-refractivity contribution in [3.8, 4) is 0 Å². The molecule has 0 aliphatic heterocycles. The lowest BCUT2D eigenvalue weighted by atomic mass is 10.0. The maximum atomic E-state index is 3.55. The van der Waals surface area contributed by atoms with Crippen molar-refractivity contribution in [3.05, 3.63) is 33.8 Å². The summed E-state index contributed by atoms with van der Waals surface area (Å²) in [6, 6.07) is 7.43. The molecule has 96 valence electrons. The third-order valence-electron chi connectivity index (χ3n) is 2.94. The number of hydrogen-bond acceptors (Lipinski definition) is 2. The molecule has 0 aromatic heterocycles. The minimum Gasteiger partial charge on any atom is -0.313 e. The quantitative estimate of drug-likeness (QED) is 0.897. The van der Waals surface area contributed by atoms with Gasteiger partial charge in [-0.3, -0.25) is 0 Å². The van der Waals surface area contributed by atoms with Gasteiger partial charge in [0.1, 0.15) is 0 Å². The van der Waals surface area contributed by atoms with E-state index in [0.29, 0.717) is 12.1 Å². The number of aryl methyl sites for hydroxylation is 1. The SMILES string of the molecule is Cc1ccc(Br)cc1C(CNC(C)C)N(C)C. The predicted octanol–water partition coefficient (Wildman–Crippen LogP) is 3.36. The van der Waals surface area contributed by atoms with E-state index >= 15 is 0 Å². The van der Waals surface area contributed by atoms with Crippen LogP contribution in [0.1, 0.15) is 31.0 Å². The molecule has 0 saturated heterocycles. The first-order valence-corrected chi connectivity index (χ1v) is 6.87. The molecule has 17 heavy (non-hydrogen) atoms. The van der Waals surface area contributed by atoms with Crippen molar-refractivity contribution < 1.29 is 0 Å². The average molecular weight is 299 g/mol. The van der Waals surface area contributed by atoms with E-state index in [0.717, 1.165) is 11.0 Å². The van der Waals surface area contributed by atoms with Gasteiger partial charge >= 0.3 is 0 Å². The van der Waals surface area contributed by atoms with Crippen molar-refractivity contribution in [2.45, 2.75) is 32.9 Å². The Labute approximate surface area is 114 Å². The molecule has 0 saturated carbocycles. The summed E-state index contributed by atoms with van der Waals surface area (Å²) in [5.41, 5.74) is 2.73. The zero-order valence-corrected chi connectivity index (χ0v) is 13.0. The summed E-state index contributed by atoms with van der Waals surface area (Å²) in [5, 5.41) is 3.52. The summed E-state index contributed by atoms with van der Waals surface area (Å²) in [4.78, 5) is 2.27. The minimum atomic E-state index is 0.412. The van der Waals surface area contributed by atoms with Gasteiger partial charge in [-0.2, -0.15) is 0 Å². The lowest BCUT2D eigenvalue weighted by Gasteiger charge is -2.27. The maximum Gasteiger partial charge on any atom is 0.0469 e. The van der Waals surface area contributed by atoms with Crippen molar-refractivity contribution in [3.63, 3.8) is 0 Å². The molecule has 0 bridgehead atoms. The first-order chi connectivity index (χ1) is 7.91. The van der Waals surface area contributed by atoms with E-state index in [-0.39, 0.29) is 0 Å². The van der Waals surface area contributed by atoms with Crippen molar-refractivity contribution in [2.75, 3.05) is 20.6 Å². The summed E-state index contributed by atoms with van der Waals surface area (Å²) in [6.07, 6.45) is 0. The van der Waals surface area contributed by atoms with E-state index in [2.05, 4.69) is 79.2 Å². The van der Waals surface area contributed by atoms with Crippen molar-refractivity contribution in [1.82, 2.24) is 10.2 Å². The van der Waals surface area contributed by atoms with E-state index in [1.807, 2.05) is 0 Å². The van der Waals surface area contributed by atoms with Gasteiger partial charge in [-0.15, -0.1) is 0 Å². The van der Waals surface area contributed by atoms with Crippen LogP contribution in [0.4, 0.5) is 0 Å². The van der Waals surface area contributed by atoms with Gasteiger partial charge in [0.05, 0.1) is 0 Å². The fourth-order valence-corrected chi connectivity index (χ4v) is 2.27. The molecule has 1 rings (SSSR count). The van der Waals surface area contributed by atoms with Crippen molar-refractivity contribution in [2.24, 2.45) is 0 Å². The van der Waals surface area contributed by atoms with E-state index < -0.39 is 0 Å². The number of likely N-dealkylation sites (N-methyl/N-ethyl adjacent to an activating group) is 1. The highest BCUT2D eigenvalue weighted by atomic mass is 79.9. The van der Waals surface area contributed by atoms with Gasteiger partial charge in [-0.25, -0.2) is 0 Å². The van der Waals surface area contributed by atoms with Gasteiger partial charge in [-0.05, 0) is 44.3 Å². The number of benzene rings is 1. The van der Waals surface area contributed by atoms with Gasteiger partial charge in [0.25, 0.3) is 0 Å². The topological polar surface area (TPSA) is 15.3 Å². The molecule has 0 amide bonds. The molecule has 0 aliphatic rings. The van der Waals surface area contributed by atoms with Crippen LogP contribution in [0.25, 0.3) is 0 Å². The summed E-state index contributed by atoms with van der Waals surface area (Å²) in [6.45, 7) is 7.51. The Morgan fingerprint density at radius 2 is 1.94 bits per heavy atom. The van der Waals surface area contributed by atoms with Crippen LogP contribution in [-0.2, 0) is 0 Å². The molecule has 0 radical (unpaired) electrons. The smallest absolute Gasteiger partial charge is 0.0469 e. The van der Waals surface area contributed by atoms with Gasteiger partial charge in [0, 0.05) is 23.1 Å².